The molecule has 156 valence electrons. The molecule has 0 aliphatic carbocycles. The van der Waals surface area contributed by atoms with Crippen LogP contribution in [0.4, 0.5) is 26.3 Å². The van der Waals surface area contributed by atoms with Crippen molar-refractivity contribution in [3.05, 3.63) is 67.8 Å². The molecule has 0 aliphatic heterocycles. The number of alkyl halides is 6. The molecular formula is C16H10F6I2O4-2. The fourth-order valence-electron chi connectivity index (χ4n) is 1.18. The molecule has 0 aliphatic rings. The molecule has 0 radical (unpaired) electrons. The predicted molar refractivity (Wildman–Crippen MR) is 74.6 cm³/mol. The standard InChI is InChI=1S/2C8H5F3IO2/c2*9-8(10,11)7(13)14-12-6-4-2-1-3-5-6/h2*1-5H/q2*-1. The number of carbonyl (C=O) groups is 2. The van der Waals surface area contributed by atoms with Crippen LogP contribution in [0.15, 0.2) is 60.7 Å². The minimum atomic E-state index is -4.89. The van der Waals surface area contributed by atoms with Crippen molar-refractivity contribution in [2.75, 3.05) is 0 Å². The molecule has 0 saturated heterocycles. The second-order valence-electron chi connectivity index (χ2n) is 4.47. The van der Waals surface area contributed by atoms with Crippen LogP contribution in [0, 0.1) is 7.14 Å². The first-order chi connectivity index (χ1) is 13.0. The van der Waals surface area contributed by atoms with Gasteiger partial charge in [-0.2, -0.15) is 0 Å². The van der Waals surface area contributed by atoms with E-state index in [1.165, 1.54) is 0 Å². The first-order valence-electron chi connectivity index (χ1n) is 6.96. The number of benzene rings is 2. The normalized spacial score (nSPS) is 11.4. The van der Waals surface area contributed by atoms with Gasteiger partial charge in [-0.25, -0.2) is 0 Å². The van der Waals surface area contributed by atoms with E-state index in [0.717, 1.165) is 0 Å². The van der Waals surface area contributed by atoms with E-state index in [4.69, 9.17) is 0 Å². The Bertz CT molecular complexity index is 686. The molecule has 4 nitrogen and oxygen atoms in total. The third-order valence-corrected chi connectivity index (χ3v) is 6.02. The summed E-state index contributed by atoms with van der Waals surface area (Å²) in [6, 6.07) is 16.7. The Labute approximate surface area is 176 Å². The van der Waals surface area contributed by atoms with E-state index in [1.54, 1.807) is 60.7 Å². The van der Waals surface area contributed by atoms with E-state index in [1.807, 2.05) is 0 Å². The average Bonchev–Trinajstić information content (AvgIpc) is 2.64. The van der Waals surface area contributed by atoms with Crippen LogP contribution in [-0.2, 0) is 15.7 Å². The van der Waals surface area contributed by atoms with Crippen LogP contribution in [0.25, 0.3) is 0 Å². The molecule has 0 heterocycles. The first-order valence-corrected chi connectivity index (χ1v) is 10.9. The monoisotopic (exact) mass is 634 g/mol. The molecule has 12 heteroatoms. The molecule has 0 aromatic heterocycles. The average molecular weight is 634 g/mol. The van der Waals surface area contributed by atoms with Crippen LogP contribution >= 0.6 is 0 Å². The van der Waals surface area contributed by atoms with E-state index in [0.29, 0.717) is 7.14 Å². The second-order valence-corrected chi connectivity index (χ2v) is 8.72. The summed E-state index contributed by atoms with van der Waals surface area (Å²) in [7, 11) is 0. The molecule has 2 rings (SSSR count). The Morgan fingerprint density at radius 2 is 0.893 bits per heavy atom. The zero-order chi connectivity index (χ0) is 21.2. The topological polar surface area (TPSA) is 52.6 Å². The van der Waals surface area contributed by atoms with Gasteiger partial charge in [0.1, 0.15) is 0 Å². The van der Waals surface area contributed by atoms with E-state index >= 15 is 0 Å². The van der Waals surface area contributed by atoms with Crippen LogP contribution in [0.1, 0.15) is 0 Å². The summed E-state index contributed by atoms with van der Waals surface area (Å²) in [6.45, 7) is 0. The van der Waals surface area contributed by atoms with Gasteiger partial charge >= 0.3 is 177 Å². The van der Waals surface area contributed by atoms with E-state index in [2.05, 4.69) is 6.13 Å². The Kier molecular flexibility index (Phi) is 9.98. The van der Waals surface area contributed by atoms with Crippen LogP contribution in [0.3, 0.4) is 0 Å². The summed E-state index contributed by atoms with van der Waals surface area (Å²) in [4.78, 5) is 20.6. The Hall–Kier alpha value is -1.58. The van der Waals surface area contributed by atoms with Crippen molar-refractivity contribution in [1.82, 2.24) is 0 Å². The number of hydrogen-bond acceptors (Lipinski definition) is 4. The van der Waals surface area contributed by atoms with Gasteiger partial charge < -0.3 is 0 Å². The summed E-state index contributed by atoms with van der Waals surface area (Å²) >= 11 is -2.70. The third kappa shape index (κ3) is 10.1. The SMILES string of the molecule is O=C(O[I-]c1ccccc1)C(F)(F)F.O=C(O[I-]c1ccccc1)C(F)(F)F. The van der Waals surface area contributed by atoms with Gasteiger partial charge in [0, 0.05) is 0 Å². The van der Waals surface area contributed by atoms with Gasteiger partial charge in [0.15, 0.2) is 0 Å². The number of rotatable bonds is 4. The molecule has 0 N–H and O–H groups in total. The summed E-state index contributed by atoms with van der Waals surface area (Å²) in [5, 5.41) is 0. The molecule has 2 aromatic rings. The molecule has 0 bridgehead atoms. The fraction of sp³-hybridized carbons (Fsp3) is 0.125. The van der Waals surface area contributed by atoms with Gasteiger partial charge in [-0.05, 0) is 0 Å². The van der Waals surface area contributed by atoms with Gasteiger partial charge in [0.05, 0.1) is 0 Å². The molecule has 28 heavy (non-hydrogen) atoms. The molecular weight excluding hydrogens is 624 g/mol. The third-order valence-electron chi connectivity index (χ3n) is 2.32. The molecule has 0 saturated carbocycles. The molecule has 0 fully saturated rings. The maximum atomic E-state index is 11.7. The van der Waals surface area contributed by atoms with E-state index < -0.39 is 67.5 Å². The van der Waals surface area contributed by atoms with Crippen LogP contribution < -0.4 is 43.2 Å². The van der Waals surface area contributed by atoms with Crippen molar-refractivity contribution < 1.29 is 85.3 Å². The number of halogens is 8. The number of carbonyl (C=O) groups excluding carboxylic acids is 2. The fourth-order valence-corrected chi connectivity index (χ4v) is 4.00. The van der Waals surface area contributed by atoms with Crippen molar-refractivity contribution in [1.29, 1.82) is 0 Å². The summed E-state index contributed by atoms with van der Waals surface area (Å²) in [6.07, 6.45) is -9.79. The van der Waals surface area contributed by atoms with Crippen LogP contribution in [-0.4, -0.2) is 24.3 Å². The van der Waals surface area contributed by atoms with Gasteiger partial charge in [-0.15, -0.1) is 0 Å². The predicted octanol–water partition coefficient (Wildman–Crippen LogP) is -2.07. The quantitative estimate of drug-likeness (QED) is 0.287. The van der Waals surface area contributed by atoms with Gasteiger partial charge in [-0.1, -0.05) is 0 Å². The minimum absolute atomic E-state index is 0.629. The van der Waals surface area contributed by atoms with Crippen LogP contribution in [0.2, 0.25) is 0 Å². The molecule has 0 amide bonds. The van der Waals surface area contributed by atoms with Crippen molar-refractivity contribution in [3.63, 3.8) is 0 Å². The van der Waals surface area contributed by atoms with Crippen molar-refractivity contribution >= 4 is 11.9 Å². The Morgan fingerprint density at radius 1 is 0.607 bits per heavy atom. The molecule has 0 spiro atoms. The van der Waals surface area contributed by atoms with Gasteiger partial charge in [0.25, 0.3) is 0 Å². The number of hydrogen-bond donors (Lipinski definition) is 0. The van der Waals surface area contributed by atoms with Gasteiger partial charge in [-0.3, -0.25) is 0 Å². The van der Waals surface area contributed by atoms with Crippen molar-refractivity contribution in [2.24, 2.45) is 0 Å². The van der Waals surface area contributed by atoms with Crippen molar-refractivity contribution in [3.8, 4) is 0 Å². The molecule has 0 unspecified atom stereocenters. The first kappa shape index (κ1) is 24.5. The second kappa shape index (κ2) is 11.4. The summed E-state index contributed by atoms with van der Waals surface area (Å²) in [5.74, 6) is -4.23. The van der Waals surface area contributed by atoms with Crippen LogP contribution in [0.5, 0.6) is 0 Å². The maximum absolute atomic E-state index is 11.7. The molecule has 0 atom stereocenters. The summed E-state index contributed by atoms with van der Waals surface area (Å²) < 4.78 is 79.7. The summed E-state index contributed by atoms with van der Waals surface area (Å²) in [5.41, 5.74) is 0. The zero-order valence-corrected chi connectivity index (χ0v) is 17.7. The van der Waals surface area contributed by atoms with E-state index in [-0.39, 0.29) is 0 Å². The Morgan fingerprint density at radius 3 is 1.14 bits per heavy atom. The Balaban J connectivity index is 0.000000280. The zero-order valence-electron chi connectivity index (χ0n) is 13.4. The van der Waals surface area contributed by atoms with Crippen molar-refractivity contribution in [2.45, 2.75) is 12.4 Å². The van der Waals surface area contributed by atoms with E-state index in [9.17, 15) is 35.9 Å². The van der Waals surface area contributed by atoms with Gasteiger partial charge in [0.2, 0.25) is 0 Å². The molecule has 2 aromatic carbocycles.